The van der Waals surface area contributed by atoms with E-state index in [-0.39, 0.29) is 12.4 Å². The molecular formula is C11H23ClN2O. The lowest BCUT2D eigenvalue weighted by Crippen LogP contribution is -2.47. The van der Waals surface area contributed by atoms with Crippen LogP contribution in [0.1, 0.15) is 20.3 Å². The highest BCUT2D eigenvalue weighted by Gasteiger charge is 2.31. The normalized spacial score (nSPS) is 37.6. The van der Waals surface area contributed by atoms with Crippen molar-refractivity contribution in [3.8, 4) is 0 Å². The Hall–Kier alpha value is 0.170. The molecule has 3 nitrogen and oxygen atoms in total. The lowest BCUT2D eigenvalue weighted by Gasteiger charge is -2.32. The van der Waals surface area contributed by atoms with Crippen molar-refractivity contribution in [3.05, 3.63) is 0 Å². The Morgan fingerprint density at radius 2 is 2.27 bits per heavy atom. The molecule has 0 radical (unpaired) electrons. The molecule has 0 saturated carbocycles. The summed E-state index contributed by atoms with van der Waals surface area (Å²) in [6.07, 6.45) is 1.61. The number of rotatable bonds is 2. The highest BCUT2D eigenvalue weighted by atomic mass is 35.5. The fraction of sp³-hybridized carbons (Fsp3) is 1.00. The van der Waals surface area contributed by atoms with Crippen LogP contribution in [0.25, 0.3) is 0 Å². The van der Waals surface area contributed by atoms with Crippen molar-refractivity contribution in [1.29, 1.82) is 0 Å². The molecule has 0 aliphatic carbocycles. The summed E-state index contributed by atoms with van der Waals surface area (Å²) in [5.74, 6) is 1.39. The van der Waals surface area contributed by atoms with Gasteiger partial charge in [-0.05, 0) is 25.4 Å². The van der Waals surface area contributed by atoms with Crippen LogP contribution in [0.4, 0.5) is 0 Å². The number of halogens is 1. The van der Waals surface area contributed by atoms with E-state index in [1.165, 1.54) is 26.1 Å². The Morgan fingerprint density at radius 1 is 1.47 bits per heavy atom. The summed E-state index contributed by atoms with van der Waals surface area (Å²) in [6, 6.07) is 0. The smallest absolute Gasteiger partial charge is 0.112 e. The van der Waals surface area contributed by atoms with E-state index < -0.39 is 0 Å². The van der Waals surface area contributed by atoms with Crippen LogP contribution in [0.3, 0.4) is 0 Å². The minimum absolute atomic E-state index is 0. The summed E-state index contributed by atoms with van der Waals surface area (Å²) in [5.41, 5.74) is 0. The lowest BCUT2D eigenvalue weighted by molar-refractivity contribution is -0.0538. The molecule has 2 rings (SSSR count). The molecule has 4 heteroatoms. The van der Waals surface area contributed by atoms with Crippen LogP contribution in [0.5, 0.6) is 0 Å². The van der Waals surface area contributed by atoms with E-state index in [9.17, 15) is 0 Å². The van der Waals surface area contributed by atoms with Crippen molar-refractivity contribution in [2.75, 3.05) is 32.8 Å². The quantitative estimate of drug-likeness (QED) is 0.781. The Bertz CT molecular complexity index is 183. The molecule has 0 aromatic rings. The minimum Gasteiger partial charge on any atom is -0.363 e. The van der Waals surface area contributed by atoms with Crippen molar-refractivity contribution >= 4 is 12.4 Å². The van der Waals surface area contributed by atoms with Gasteiger partial charge in [-0.2, -0.15) is 0 Å². The first kappa shape index (κ1) is 13.2. The highest BCUT2D eigenvalue weighted by Crippen LogP contribution is 2.22. The molecule has 0 amide bonds. The summed E-state index contributed by atoms with van der Waals surface area (Å²) < 4.78 is 5.83. The van der Waals surface area contributed by atoms with Gasteiger partial charge < -0.3 is 9.64 Å². The molecule has 0 spiro atoms. The molecule has 2 aliphatic rings. The van der Waals surface area contributed by atoms with Crippen molar-refractivity contribution in [2.45, 2.75) is 26.5 Å². The molecule has 0 aromatic carbocycles. The molecule has 0 bridgehead atoms. The highest BCUT2D eigenvalue weighted by molar-refractivity contribution is 5.85. The maximum Gasteiger partial charge on any atom is 0.112 e. The zero-order chi connectivity index (χ0) is 9.97. The fourth-order valence-corrected chi connectivity index (χ4v) is 2.40. The minimum atomic E-state index is 0. The van der Waals surface area contributed by atoms with E-state index in [0.29, 0.717) is 18.1 Å². The summed E-state index contributed by atoms with van der Waals surface area (Å²) >= 11 is 0. The topological polar surface area (TPSA) is 24.5 Å². The lowest BCUT2D eigenvalue weighted by atomic mass is 10.0. The first-order chi connectivity index (χ1) is 6.79. The number of hydrogen-bond donors (Lipinski definition) is 1. The predicted molar refractivity (Wildman–Crippen MR) is 64.4 cm³/mol. The number of hydrogen-bond acceptors (Lipinski definition) is 3. The Morgan fingerprint density at radius 3 is 2.80 bits per heavy atom. The van der Waals surface area contributed by atoms with Crippen molar-refractivity contribution in [3.63, 3.8) is 0 Å². The average molecular weight is 235 g/mol. The fourth-order valence-electron chi connectivity index (χ4n) is 2.40. The van der Waals surface area contributed by atoms with E-state index in [2.05, 4.69) is 24.1 Å². The standard InChI is InChI=1S/C11H22N2O.ClH/c1-3-13-5-4-10(7-13)11-12-6-9(2)8-14-11;/h9-12H,3-8H2,1-2H3;1H. The molecule has 2 saturated heterocycles. The molecule has 1 N–H and O–H groups in total. The second-order valence-electron chi connectivity index (χ2n) is 4.71. The van der Waals surface area contributed by atoms with Gasteiger partial charge in [0.05, 0.1) is 6.61 Å². The second-order valence-corrected chi connectivity index (χ2v) is 4.71. The zero-order valence-electron chi connectivity index (χ0n) is 9.74. The monoisotopic (exact) mass is 234 g/mol. The number of likely N-dealkylation sites (tertiary alicyclic amines) is 1. The van der Waals surface area contributed by atoms with E-state index in [1.54, 1.807) is 0 Å². The van der Waals surface area contributed by atoms with Gasteiger partial charge in [0.25, 0.3) is 0 Å². The van der Waals surface area contributed by atoms with Crippen LogP contribution in [0, 0.1) is 11.8 Å². The molecular weight excluding hydrogens is 212 g/mol. The third kappa shape index (κ3) is 3.31. The van der Waals surface area contributed by atoms with Gasteiger partial charge in [-0.1, -0.05) is 13.8 Å². The Balaban J connectivity index is 0.00000112. The molecule has 90 valence electrons. The van der Waals surface area contributed by atoms with Crippen molar-refractivity contribution < 1.29 is 4.74 Å². The van der Waals surface area contributed by atoms with Gasteiger partial charge in [-0.15, -0.1) is 12.4 Å². The van der Waals surface area contributed by atoms with Crippen molar-refractivity contribution in [2.24, 2.45) is 11.8 Å². The first-order valence-electron chi connectivity index (χ1n) is 5.87. The van der Waals surface area contributed by atoms with Gasteiger partial charge in [0.15, 0.2) is 0 Å². The van der Waals surface area contributed by atoms with Crippen LogP contribution < -0.4 is 5.32 Å². The van der Waals surface area contributed by atoms with Crippen LogP contribution in [0.2, 0.25) is 0 Å². The van der Waals surface area contributed by atoms with Crippen molar-refractivity contribution in [1.82, 2.24) is 10.2 Å². The number of ether oxygens (including phenoxy) is 1. The van der Waals surface area contributed by atoms with Gasteiger partial charge in [0, 0.05) is 19.0 Å². The van der Waals surface area contributed by atoms with E-state index >= 15 is 0 Å². The van der Waals surface area contributed by atoms with Crippen LogP contribution >= 0.6 is 12.4 Å². The van der Waals surface area contributed by atoms with Crippen LogP contribution in [0.15, 0.2) is 0 Å². The molecule has 2 heterocycles. The zero-order valence-corrected chi connectivity index (χ0v) is 10.6. The SMILES string of the molecule is CCN1CCC(C2NCC(C)CO2)C1.Cl. The molecule has 0 aromatic heterocycles. The first-order valence-corrected chi connectivity index (χ1v) is 5.87. The van der Waals surface area contributed by atoms with Crippen LogP contribution in [-0.4, -0.2) is 43.9 Å². The maximum absolute atomic E-state index is 5.83. The molecule has 2 fully saturated rings. The van der Waals surface area contributed by atoms with Crippen LogP contribution in [-0.2, 0) is 4.74 Å². The largest absolute Gasteiger partial charge is 0.363 e. The molecule has 15 heavy (non-hydrogen) atoms. The number of nitrogens with zero attached hydrogens (tertiary/aromatic N) is 1. The Labute approximate surface area is 99.0 Å². The van der Waals surface area contributed by atoms with E-state index in [4.69, 9.17) is 4.74 Å². The summed E-state index contributed by atoms with van der Waals surface area (Å²) in [7, 11) is 0. The molecule has 3 unspecified atom stereocenters. The predicted octanol–water partition coefficient (Wildman–Crippen LogP) is 1.33. The molecule has 3 atom stereocenters. The van der Waals surface area contributed by atoms with Gasteiger partial charge in [0.2, 0.25) is 0 Å². The summed E-state index contributed by atoms with van der Waals surface area (Å²) in [6.45, 7) is 10.2. The van der Waals surface area contributed by atoms with E-state index in [0.717, 1.165) is 13.2 Å². The third-order valence-electron chi connectivity index (χ3n) is 3.41. The maximum atomic E-state index is 5.83. The van der Waals surface area contributed by atoms with Gasteiger partial charge in [-0.3, -0.25) is 5.32 Å². The average Bonchev–Trinajstić information content (AvgIpc) is 2.67. The summed E-state index contributed by atoms with van der Waals surface area (Å²) in [5, 5.41) is 3.51. The van der Waals surface area contributed by atoms with E-state index in [1.807, 2.05) is 0 Å². The third-order valence-corrected chi connectivity index (χ3v) is 3.41. The number of nitrogens with one attached hydrogen (secondary N) is 1. The second kappa shape index (κ2) is 6.04. The summed E-state index contributed by atoms with van der Waals surface area (Å²) in [4.78, 5) is 2.51. The Kier molecular flexibility index (Phi) is 5.33. The van der Waals surface area contributed by atoms with Gasteiger partial charge >= 0.3 is 0 Å². The van der Waals surface area contributed by atoms with Gasteiger partial charge in [-0.25, -0.2) is 0 Å². The molecule has 2 aliphatic heterocycles. The van der Waals surface area contributed by atoms with Gasteiger partial charge in [0.1, 0.15) is 6.23 Å².